The summed E-state index contributed by atoms with van der Waals surface area (Å²) in [4.78, 5) is 4.61. The first-order chi connectivity index (χ1) is 12.3. The van der Waals surface area contributed by atoms with Crippen molar-refractivity contribution >= 4 is 17.4 Å². The highest BCUT2D eigenvalue weighted by Gasteiger charge is 2.25. The molecular formula is C19H18N4OS. The molecule has 1 aliphatic rings. The molecule has 0 amide bonds. The predicted molar refractivity (Wildman–Crippen MR) is 99.7 cm³/mol. The molecule has 0 fully saturated rings. The van der Waals surface area contributed by atoms with Crippen molar-refractivity contribution in [2.24, 2.45) is 0 Å². The Balaban J connectivity index is 1.79. The standard InChI is InChI=1S/C19H18N4OS/c1-2-12-25-19-21-18-16(22-23-19)14-10-6-7-11-15(14)20-17(24-18)13-8-4-3-5-9-13/h3-11,17,20H,2,12H2,1H3/t17-/m0/s1. The Morgan fingerprint density at radius 1 is 1.04 bits per heavy atom. The summed E-state index contributed by atoms with van der Waals surface area (Å²) in [7, 11) is 0. The van der Waals surface area contributed by atoms with Gasteiger partial charge in [0.05, 0.1) is 0 Å². The third kappa shape index (κ3) is 3.30. The molecule has 0 aliphatic carbocycles. The summed E-state index contributed by atoms with van der Waals surface area (Å²) in [6.07, 6.45) is 0.729. The van der Waals surface area contributed by atoms with E-state index < -0.39 is 0 Å². The van der Waals surface area contributed by atoms with Crippen LogP contribution in [-0.2, 0) is 0 Å². The highest BCUT2D eigenvalue weighted by Crippen LogP contribution is 2.39. The fourth-order valence-electron chi connectivity index (χ4n) is 2.68. The summed E-state index contributed by atoms with van der Waals surface area (Å²) in [6.45, 7) is 2.13. The summed E-state index contributed by atoms with van der Waals surface area (Å²) in [5.41, 5.74) is 3.61. The number of rotatable bonds is 4. The molecule has 2 heterocycles. The number of fused-ring (bicyclic) bond motifs is 3. The minimum Gasteiger partial charge on any atom is -0.448 e. The highest BCUT2D eigenvalue weighted by atomic mass is 32.2. The summed E-state index contributed by atoms with van der Waals surface area (Å²) in [5, 5.41) is 12.8. The third-order valence-electron chi connectivity index (χ3n) is 3.87. The number of benzene rings is 2. The first-order valence-electron chi connectivity index (χ1n) is 8.30. The normalized spacial score (nSPS) is 15.3. The van der Waals surface area contributed by atoms with Gasteiger partial charge in [-0.1, -0.05) is 67.2 Å². The highest BCUT2D eigenvalue weighted by molar-refractivity contribution is 7.99. The average Bonchev–Trinajstić information content (AvgIpc) is 2.83. The largest absolute Gasteiger partial charge is 0.448 e. The maximum atomic E-state index is 6.21. The van der Waals surface area contributed by atoms with Gasteiger partial charge in [0.1, 0.15) is 0 Å². The van der Waals surface area contributed by atoms with Crippen molar-refractivity contribution in [1.29, 1.82) is 0 Å². The van der Waals surface area contributed by atoms with Gasteiger partial charge in [-0.3, -0.25) is 0 Å². The Kier molecular flexibility index (Phi) is 4.52. The van der Waals surface area contributed by atoms with E-state index in [4.69, 9.17) is 4.74 Å². The van der Waals surface area contributed by atoms with E-state index in [0.29, 0.717) is 16.7 Å². The molecule has 0 spiro atoms. The molecular weight excluding hydrogens is 332 g/mol. The van der Waals surface area contributed by atoms with Gasteiger partial charge in [0.15, 0.2) is 11.9 Å². The van der Waals surface area contributed by atoms with Crippen LogP contribution in [0.3, 0.4) is 0 Å². The second-order valence-electron chi connectivity index (χ2n) is 5.70. The van der Waals surface area contributed by atoms with E-state index in [9.17, 15) is 0 Å². The maximum Gasteiger partial charge on any atom is 0.247 e. The van der Waals surface area contributed by atoms with E-state index in [0.717, 1.165) is 29.0 Å². The van der Waals surface area contributed by atoms with E-state index in [1.54, 1.807) is 11.8 Å². The molecule has 1 aromatic heterocycles. The van der Waals surface area contributed by atoms with E-state index >= 15 is 0 Å². The number of ether oxygens (including phenoxy) is 1. The van der Waals surface area contributed by atoms with Gasteiger partial charge < -0.3 is 10.1 Å². The van der Waals surface area contributed by atoms with E-state index in [1.165, 1.54) is 0 Å². The summed E-state index contributed by atoms with van der Waals surface area (Å²) in [5.74, 6) is 1.47. The molecule has 4 rings (SSSR count). The topological polar surface area (TPSA) is 59.9 Å². The lowest BCUT2D eigenvalue weighted by Crippen LogP contribution is -2.17. The maximum absolute atomic E-state index is 6.21. The average molecular weight is 350 g/mol. The van der Waals surface area contributed by atoms with E-state index in [-0.39, 0.29) is 6.23 Å². The van der Waals surface area contributed by atoms with Crippen molar-refractivity contribution < 1.29 is 4.74 Å². The van der Waals surface area contributed by atoms with Crippen LogP contribution in [0.5, 0.6) is 5.88 Å². The minimum atomic E-state index is -0.329. The molecule has 0 unspecified atom stereocenters. The zero-order valence-corrected chi connectivity index (χ0v) is 14.7. The number of para-hydroxylation sites is 1. The first kappa shape index (κ1) is 15.9. The van der Waals surface area contributed by atoms with Gasteiger partial charge >= 0.3 is 0 Å². The fourth-order valence-corrected chi connectivity index (χ4v) is 3.31. The minimum absolute atomic E-state index is 0.329. The quantitative estimate of drug-likeness (QED) is 0.697. The molecule has 0 radical (unpaired) electrons. The van der Waals surface area contributed by atoms with Gasteiger partial charge in [0, 0.05) is 22.6 Å². The molecule has 126 valence electrons. The second-order valence-corrected chi connectivity index (χ2v) is 6.76. The summed E-state index contributed by atoms with van der Waals surface area (Å²) < 4.78 is 6.21. The van der Waals surface area contributed by atoms with Crippen molar-refractivity contribution in [2.75, 3.05) is 11.1 Å². The lowest BCUT2D eigenvalue weighted by atomic mass is 10.1. The van der Waals surface area contributed by atoms with Crippen molar-refractivity contribution in [3.63, 3.8) is 0 Å². The van der Waals surface area contributed by atoms with Crippen LogP contribution in [0.25, 0.3) is 11.3 Å². The van der Waals surface area contributed by atoms with Crippen molar-refractivity contribution in [3.05, 3.63) is 60.2 Å². The molecule has 1 aliphatic heterocycles. The van der Waals surface area contributed by atoms with Crippen LogP contribution in [0, 0.1) is 0 Å². The smallest absolute Gasteiger partial charge is 0.247 e. The Morgan fingerprint density at radius 2 is 1.84 bits per heavy atom. The monoisotopic (exact) mass is 350 g/mol. The summed E-state index contributed by atoms with van der Waals surface area (Å²) in [6, 6.07) is 18.1. The van der Waals surface area contributed by atoms with Crippen LogP contribution in [0.15, 0.2) is 59.8 Å². The molecule has 0 saturated carbocycles. The molecule has 1 N–H and O–H groups in total. The molecule has 25 heavy (non-hydrogen) atoms. The Bertz CT molecular complexity index is 872. The van der Waals surface area contributed by atoms with Crippen LogP contribution in [0.4, 0.5) is 5.69 Å². The molecule has 1 atom stereocenters. The van der Waals surface area contributed by atoms with Gasteiger partial charge in [0.2, 0.25) is 11.0 Å². The Morgan fingerprint density at radius 3 is 2.68 bits per heavy atom. The van der Waals surface area contributed by atoms with Crippen LogP contribution >= 0.6 is 11.8 Å². The van der Waals surface area contributed by atoms with Gasteiger partial charge in [0.25, 0.3) is 0 Å². The summed E-state index contributed by atoms with van der Waals surface area (Å²) >= 11 is 1.59. The van der Waals surface area contributed by atoms with E-state index in [1.807, 2.05) is 54.6 Å². The lowest BCUT2D eigenvalue weighted by molar-refractivity contribution is 0.225. The fraction of sp³-hybridized carbons (Fsp3) is 0.211. The van der Waals surface area contributed by atoms with Crippen LogP contribution in [0.1, 0.15) is 25.1 Å². The molecule has 0 bridgehead atoms. The number of nitrogens with zero attached hydrogens (tertiary/aromatic N) is 3. The molecule has 3 aromatic rings. The number of thioether (sulfide) groups is 1. The zero-order valence-electron chi connectivity index (χ0n) is 13.8. The van der Waals surface area contributed by atoms with Crippen LogP contribution in [-0.4, -0.2) is 20.9 Å². The molecule has 0 saturated heterocycles. The lowest BCUT2D eigenvalue weighted by Gasteiger charge is -2.19. The second kappa shape index (κ2) is 7.11. The van der Waals surface area contributed by atoms with Crippen LogP contribution < -0.4 is 10.1 Å². The van der Waals surface area contributed by atoms with Crippen molar-refractivity contribution in [1.82, 2.24) is 15.2 Å². The third-order valence-corrected chi connectivity index (χ3v) is 4.91. The van der Waals surface area contributed by atoms with Crippen LogP contribution in [0.2, 0.25) is 0 Å². The van der Waals surface area contributed by atoms with Crippen molar-refractivity contribution in [2.45, 2.75) is 24.7 Å². The first-order valence-corrected chi connectivity index (χ1v) is 9.29. The molecule has 6 heteroatoms. The molecule has 2 aromatic carbocycles. The zero-order chi connectivity index (χ0) is 17.1. The SMILES string of the molecule is CCCSc1nnc2c(n1)O[C@@H](c1ccccc1)Nc1ccccc1-2. The van der Waals surface area contributed by atoms with Gasteiger partial charge in [-0.15, -0.1) is 10.2 Å². The number of nitrogens with one attached hydrogen (secondary N) is 1. The number of hydrogen-bond acceptors (Lipinski definition) is 6. The van der Waals surface area contributed by atoms with Crippen molar-refractivity contribution in [3.8, 4) is 17.1 Å². The predicted octanol–water partition coefficient (Wildman–Crippen LogP) is 4.54. The Labute approximate surface area is 150 Å². The Hall–Kier alpha value is -2.60. The molecule has 5 nitrogen and oxygen atoms in total. The number of hydrogen-bond donors (Lipinski definition) is 1. The van der Waals surface area contributed by atoms with Gasteiger partial charge in [-0.25, -0.2) is 0 Å². The number of anilines is 1. The van der Waals surface area contributed by atoms with Gasteiger partial charge in [-0.05, 0) is 12.5 Å². The van der Waals surface area contributed by atoms with Gasteiger partial charge in [-0.2, -0.15) is 4.98 Å². The van der Waals surface area contributed by atoms with E-state index in [2.05, 4.69) is 27.4 Å². The number of aromatic nitrogens is 3.